The average Bonchev–Trinajstić information content (AvgIpc) is 2.40. The third-order valence-electron chi connectivity index (χ3n) is 2.54. The van der Waals surface area contributed by atoms with Crippen molar-refractivity contribution in [3.05, 3.63) is 46.5 Å². The first-order chi connectivity index (χ1) is 9.15. The molecule has 0 aliphatic carbocycles. The monoisotopic (exact) mass is 303 g/mol. The maximum Gasteiger partial charge on any atom is 0.0929 e. The topological polar surface area (TPSA) is 41.5 Å². The fourth-order valence-electron chi connectivity index (χ4n) is 1.53. The molecular weight excluding hydrogens is 285 g/mol. The molecule has 0 radical (unpaired) electrons. The minimum Gasteiger partial charge on any atom is -0.387 e. The van der Waals surface area contributed by atoms with Gasteiger partial charge in [-0.25, -0.2) is 0 Å². The third-order valence-corrected chi connectivity index (χ3v) is 3.12. The highest BCUT2D eigenvalue weighted by atomic mass is 35.5. The summed E-state index contributed by atoms with van der Waals surface area (Å²) in [7, 11) is 0. The number of hydrogen-bond donors (Lipinski definition) is 2. The van der Waals surface area contributed by atoms with E-state index in [-0.39, 0.29) is 0 Å². The average molecular weight is 304 g/mol. The Morgan fingerprint density at radius 3 is 2.89 bits per heavy atom. The van der Waals surface area contributed by atoms with Crippen LogP contribution in [0.3, 0.4) is 0 Å². The number of aliphatic hydroxyl groups is 1. The van der Waals surface area contributed by atoms with Crippen molar-refractivity contribution in [3.8, 4) is 0 Å². The van der Waals surface area contributed by atoms with E-state index in [4.69, 9.17) is 27.9 Å². The predicted octanol–water partition coefficient (Wildman–Crippen LogP) is 3.21. The van der Waals surface area contributed by atoms with Gasteiger partial charge < -0.3 is 15.2 Å². The Labute approximate surface area is 124 Å². The fourth-order valence-corrected chi connectivity index (χ4v) is 1.96. The second kappa shape index (κ2) is 9.34. The Hall–Kier alpha value is -0.580. The van der Waals surface area contributed by atoms with Crippen molar-refractivity contribution >= 4 is 23.2 Å². The van der Waals surface area contributed by atoms with Gasteiger partial charge in [-0.3, -0.25) is 0 Å². The molecule has 1 aromatic rings. The van der Waals surface area contributed by atoms with Crippen LogP contribution in [0.1, 0.15) is 18.1 Å². The Morgan fingerprint density at radius 1 is 1.37 bits per heavy atom. The van der Waals surface area contributed by atoms with Gasteiger partial charge in [0, 0.05) is 28.7 Å². The molecule has 19 heavy (non-hydrogen) atoms. The molecule has 1 rings (SSSR count). The van der Waals surface area contributed by atoms with Gasteiger partial charge in [-0.2, -0.15) is 0 Å². The molecule has 1 unspecified atom stereocenters. The highest BCUT2D eigenvalue weighted by Crippen LogP contribution is 2.25. The highest BCUT2D eigenvalue weighted by molar-refractivity contribution is 6.33. The molecule has 0 heterocycles. The predicted molar refractivity (Wildman–Crippen MR) is 79.9 cm³/mol. The Balaban J connectivity index is 2.25. The van der Waals surface area contributed by atoms with Gasteiger partial charge in [0.15, 0.2) is 0 Å². The first kappa shape index (κ1) is 16.5. The van der Waals surface area contributed by atoms with E-state index in [9.17, 15) is 5.11 Å². The van der Waals surface area contributed by atoms with Crippen LogP contribution in [0.4, 0.5) is 0 Å². The standard InChI is InChI=1S/C14H19Cl2NO2/c1-2-3-7-19-8-6-17-10-14(18)12-9-11(15)4-5-13(12)16/h2,4-5,9,14,17-18H,1,3,6-8,10H2. The molecule has 0 saturated heterocycles. The van der Waals surface area contributed by atoms with Gasteiger partial charge in [0.05, 0.1) is 19.3 Å². The Kier molecular flexibility index (Phi) is 8.10. The first-order valence-electron chi connectivity index (χ1n) is 6.17. The van der Waals surface area contributed by atoms with Crippen LogP contribution in [0, 0.1) is 0 Å². The number of benzene rings is 1. The lowest BCUT2D eigenvalue weighted by Gasteiger charge is -2.14. The smallest absolute Gasteiger partial charge is 0.0929 e. The van der Waals surface area contributed by atoms with E-state index in [1.54, 1.807) is 18.2 Å². The summed E-state index contributed by atoms with van der Waals surface area (Å²) in [6.45, 7) is 5.97. The molecule has 0 aliphatic heterocycles. The maximum absolute atomic E-state index is 10.0. The van der Waals surface area contributed by atoms with Gasteiger partial charge in [0.25, 0.3) is 0 Å². The van der Waals surface area contributed by atoms with Crippen LogP contribution in [0.5, 0.6) is 0 Å². The van der Waals surface area contributed by atoms with Gasteiger partial charge >= 0.3 is 0 Å². The van der Waals surface area contributed by atoms with E-state index >= 15 is 0 Å². The molecule has 0 fully saturated rings. The van der Waals surface area contributed by atoms with Crippen LogP contribution in [0.2, 0.25) is 10.0 Å². The second-order valence-corrected chi connectivity index (χ2v) is 4.92. The number of halogens is 2. The van der Waals surface area contributed by atoms with Crippen molar-refractivity contribution in [2.75, 3.05) is 26.3 Å². The van der Waals surface area contributed by atoms with Gasteiger partial charge in [-0.05, 0) is 24.6 Å². The fraction of sp³-hybridized carbons (Fsp3) is 0.429. The van der Waals surface area contributed by atoms with Crippen molar-refractivity contribution in [2.24, 2.45) is 0 Å². The molecule has 1 aromatic carbocycles. The van der Waals surface area contributed by atoms with E-state index < -0.39 is 6.10 Å². The van der Waals surface area contributed by atoms with Crippen molar-refractivity contribution in [1.82, 2.24) is 5.32 Å². The van der Waals surface area contributed by atoms with Crippen molar-refractivity contribution in [3.63, 3.8) is 0 Å². The van der Waals surface area contributed by atoms with E-state index in [1.807, 2.05) is 6.08 Å². The zero-order valence-corrected chi connectivity index (χ0v) is 12.3. The number of rotatable bonds is 9. The van der Waals surface area contributed by atoms with Crippen molar-refractivity contribution < 1.29 is 9.84 Å². The molecule has 0 spiro atoms. The molecule has 0 bridgehead atoms. The molecular formula is C14H19Cl2NO2. The molecule has 3 nitrogen and oxygen atoms in total. The minimum atomic E-state index is -0.681. The Morgan fingerprint density at radius 2 is 2.16 bits per heavy atom. The summed E-state index contributed by atoms with van der Waals surface area (Å²) in [5, 5.41) is 14.2. The molecule has 106 valence electrons. The SMILES string of the molecule is C=CCCOCCNCC(O)c1cc(Cl)ccc1Cl. The third kappa shape index (κ3) is 6.41. The summed E-state index contributed by atoms with van der Waals surface area (Å²) < 4.78 is 5.34. The normalized spacial score (nSPS) is 12.4. The molecule has 2 N–H and O–H groups in total. The molecule has 0 aromatic heterocycles. The number of ether oxygens (including phenoxy) is 1. The molecule has 1 atom stereocenters. The zero-order chi connectivity index (χ0) is 14.1. The lowest BCUT2D eigenvalue weighted by Crippen LogP contribution is -2.25. The summed E-state index contributed by atoms with van der Waals surface area (Å²) in [6, 6.07) is 5.05. The van der Waals surface area contributed by atoms with E-state index in [2.05, 4.69) is 11.9 Å². The van der Waals surface area contributed by atoms with Crippen LogP contribution in [0.15, 0.2) is 30.9 Å². The summed E-state index contributed by atoms with van der Waals surface area (Å²) >= 11 is 11.9. The lowest BCUT2D eigenvalue weighted by molar-refractivity contribution is 0.131. The number of nitrogens with one attached hydrogen (secondary N) is 1. The molecule has 0 amide bonds. The van der Waals surface area contributed by atoms with Gasteiger partial charge in [-0.15, -0.1) is 6.58 Å². The van der Waals surface area contributed by atoms with Crippen molar-refractivity contribution in [2.45, 2.75) is 12.5 Å². The largest absolute Gasteiger partial charge is 0.387 e. The zero-order valence-electron chi connectivity index (χ0n) is 10.7. The minimum absolute atomic E-state index is 0.408. The lowest BCUT2D eigenvalue weighted by atomic mass is 10.1. The van der Waals surface area contributed by atoms with Crippen LogP contribution >= 0.6 is 23.2 Å². The summed E-state index contributed by atoms with van der Waals surface area (Å²) in [6.07, 6.45) is 1.98. The summed E-state index contributed by atoms with van der Waals surface area (Å²) in [4.78, 5) is 0. The molecule has 0 aliphatic rings. The summed E-state index contributed by atoms with van der Waals surface area (Å²) in [5.41, 5.74) is 0.634. The van der Waals surface area contributed by atoms with Gasteiger partial charge in [-0.1, -0.05) is 29.3 Å². The van der Waals surface area contributed by atoms with E-state index in [0.29, 0.717) is 41.9 Å². The van der Waals surface area contributed by atoms with Crippen LogP contribution in [0.25, 0.3) is 0 Å². The van der Waals surface area contributed by atoms with Crippen LogP contribution in [-0.2, 0) is 4.74 Å². The molecule has 5 heteroatoms. The highest BCUT2D eigenvalue weighted by Gasteiger charge is 2.11. The van der Waals surface area contributed by atoms with Crippen molar-refractivity contribution in [1.29, 1.82) is 0 Å². The Bertz CT molecular complexity index is 399. The van der Waals surface area contributed by atoms with Gasteiger partial charge in [0.2, 0.25) is 0 Å². The number of aliphatic hydroxyl groups excluding tert-OH is 1. The maximum atomic E-state index is 10.0. The van der Waals surface area contributed by atoms with Crippen LogP contribution < -0.4 is 5.32 Å². The second-order valence-electron chi connectivity index (χ2n) is 4.08. The number of hydrogen-bond acceptors (Lipinski definition) is 3. The van der Waals surface area contributed by atoms with Gasteiger partial charge in [0.1, 0.15) is 0 Å². The quantitative estimate of drug-likeness (QED) is 0.544. The van der Waals surface area contributed by atoms with E-state index in [1.165, 1.54) is 0 Å². The first-order valence-corrected chi connectivity index (χ1v) is 6.93. The molecule has 0 saturated carbocycles. The van der Waals surface area contributed by atoms with Crippen LogP contribution in [-0.4, -0.2) is 31.4 Å². The van der Waals surface area contributed by atoms with E-state index in [0.717, 1.165) is 6.42 Å². The summed E-state index contributed by atoms with van der Waals surface area (Å²) in [5.74, 6) is 0.